The summed E-state index contributed by atoms with van der Waals surface area (Å²) in [5.41, 5.74) is -0.200. The molecule has 0 heterocycles. The van der Waals surface area contributed by atoms with Gasteiger partial charge in [-0.1, -0.05) is 18.2 Å². The van der Waals surface area contributed by atoms with Crippen molar-refractivity contribution in [1.82, 2.24) is 0 Å². The predicted molar refractivity (Wildman–Crippen MR) is 65.5 cm³/mol. The van der Waals surface area contributed by atoms with Crippen molar-refractivity contribution in [3.8, 4) is 0 Å². The molecular weight excluding hydrogens is 281 g/mol. The van der Waals surface area contributed by atoms with Crippen molar-refractivity contribution < 1.29 is 22.2 Å². The number of halogens is 4. The standard InChI is InChI=1S/C10H6N3O2.BF4/c11-12-9-6-5-7-3-1-2-4-8(7)10(9)13(14)15;2-1(3,4)5/h1-6H;/q+1;-1. The normalized spacial score (nSPS) is 10.3. The highest BCUT2D eigenvalue weighted by Crippen LogP contribution is 2.34. The van der Waals surface area contributed by atoms with Crippen molar-refractivity contribution in [2.45, 2.75) is 0 Å². The number of nitrogens with zero attached hydrogens (tertiary/aromatic N) is 3. The number of hydrogen-bond acceptors (Lipinski definition) is 3. The highest BCUT2D eigenvalue weighted by molar-refractivity contribution is 6.50. The van der Waals surface area contributed by atoms with Crippen molar-refractivity contribution in [1.29, 1.82) is 5.39 Å². The first kappa shape index (κ1) is 15.4. The molecule has 0 saturated carbocycles. The van der Waals surface area contributed by atoms with Crippen LogP contribution in [0.1, 0.15) is 0 Å². The van der Waals surface area contributed by atoms with Crippen LogP contribution in [0.25, 0.3) is 15.7 Å². The SMILES string of the molecule is F[B-](F)(F)F.N#[N+]c1ccc2ccccc2c1[N+](=O)[O-]. The van der Waals surface area contributed by atoms with Gasteiger partial charge in [-0.2, -0.15) is 0 Å². The topological polar surface area (TPSA) is 71.3 Å². The Bertz CT molecular complexity index is 678. The van der Waals surface area contributed by atoms with Gasteiger partial charge in [-0.3, -0.25) is 10.1 Å². The molecule has 0 aliphatic heterocycles. The second-order valence-electron chi connectivity index (χ2n) is 3.51. The molecule has 0 amide bonds. The fraction of sp³-hybridized carbons (Fsp3) is 0. The van der Waals surface area contributed by atoms with Gasteiger partial charge in [0.15, 0.2) is 4.98 Å². The Morgan fingerprint density at radius 2 is 1.65 bits per heavy atom. The van der Waals surface area contributed by atoms with E-state index in [4.69, 9.17) is 5.39 Å². The van der Waals surface area contributed by atoms with Crippen LogP contribution in [0, 0.1) is 15.5 Å². The summed E-state index contributed by atoms with van der Waals surface area (Å²) in [6, 6.07) is 9.99. The molecule has 0 bridgehead atoms. The molecule has 20 heavy (non-hydrogen) atoms. The molecule has 0 aliphatic rings. The van der Waals surface area contributed by atoms with Gasteiger partial charge in [-0.25, -0.2) is 0 Å². The Hall–Kier alpha value is -2.70. The highest BCUT2D eigenvalue weighted by Gasteiger charge is 2.27. The Labute approximate surface area is 109 Å². The zero-order chi connectivity index (χ0) is 15.3. The van der Waals surface area contributed by atoms with E-state index in [-0.39, 0.29) is 11.4 Å². The molecule has 0 spiro atoms. The van der Waals surface area contributed by atoms with Crippen molar-refractivity contribution in [3.63, 3.8) is 0 Å². The molecule has 0 fully saturated rings. The number of nitro benzene ring substituents is 1. The lowest BCUT2D eigenvalue weighted by Gasteiger charge is -1.95. The van der Waals surface area contributed by atoms with Crippen molar-refractivity contribution >= 4 is 29.4 Å². The van der Waals surface area contributed by atoms with Crippen molar-refractivity contribution in [2.24, 2.45) is 0 Å². The van der Waals surface area contributed by atoms with E-state index in [0.717, 1.165) is 5.39 Å². The second-order valence-corrected chi connectivity index (χ2v) is 3.51. The van der Waals surface area contributed by atoms with E-state index in [0.29, 0.717) is 5.39 Å². The third-order valence-corrected chi connectivity index (χ3v) is 2.17. The Kier molecular flexibility index (Phi) is 4.58. The number of hydrogen-bond donors (Lipinski definition) is 0. The van der Waals surface area contributed by atoms with E-state index in [1.54, 1.807) is 30.3 Å². The summed E-state index contributed by atoms with van der Waals surface area (Å²) in [6.07, 6.45) is 0. The third kappa shape index (κ3) is 4.20. The largest absolute Gasteiger partial charge is 0.673 e. The molecular formula is C10H6BF4N3O2. The Morgan fingerprint density at radius 3 is 2.15 bits per heavy atom. The van der Waals surface area contributed by atoms with Crippen LogP contribution in [0.15, 0.2) is 36.4 Å². The molecule has 0 atom stereocenters. The summed E-state index contributed by atoms with van der Waals surface area (Å²) < 4.78 is 39.0. The van der Waals surface area contributed by atoms with E-state index in [1.165, 1.54) is 6.07 Å². The summed E-state index contributed by atoms with van der Waals surface area (Å²) in [5, 5.41) is 20.7. The van der Waals surface area contributed by atoms with Crippen LogP contribution in [0.3, 0.4) is 0 Å². The first-order chi connectivity index (χ1) is 9.24. The lowest BCUT2D eigenvalue weighted by molar-refractivity contribution is -0.382. The zero-order valence-electron chi connectivity index (χ0n) is 9.71. The maximum Gasteiger partial charge on any atom is 0.673 e. The number of fused-ring (bicyclic) bond motifs is 1. The van der Waals surface area contributed by atoms with Gasteiger partial charge in [0.05, 0.1) is 10.3 Å². The minimum Gasteiger partial charge on any atom is -0.418 e. The number of rotatable bonds is 1. The number of diazo groups is 1. The van der Waals surface area contributed by atoms with Gasteiger partial charge in [-0.15, -0.1) is 0 Å². The van der Waals surface area contributed by atoms with Crippen LogP contribution in [-0.2, 0) is 0 Å². The molecule has 104 valence electrons. The summed E-state index contributed by atoms with van der Waals surface area (Å²) in [5.74, 6) is 0. The van der Waals surface area contributed by atoms with E-state index < -0.39 is 12.2 Å². The smallest absolute Gasteiger partial charge is 0.418 e. The molecule has 2 rings (SSSR count). The van der Waals surface area contributed by atoms with Gasteiger partial charge in [0.25, 0.3) is 0 Å². The Balaban J connectivity index is 0.000000347. The molecule has 0 radical (unpaired) electrons. The van der Waals surface area contributed by atoms with Crippen LogP contribution in [0.2, 0.25) is 0 Å². The first-order valence-electron chi connectivity index (χ1n) is 5.12. The van der Waals surface area contributed by atoms with E-state index in [1.807, 2.05) is 0 Å². The molecule has 0 N–H and O–H groups in total. The van der Waals surface area contributed by atoms with Gasteiger partial charge in [0, 0.05) is 6.07 Å². The molecule has 2 aromatic carbocycles. The minimum atomic E-state index is -6.00. The fourth-order valence-electron chi connectivity index (χ4n) is 1.52. The van der Waals surface area contributed by atoms with Crippen molar-refractivity contribution in [2.75, 3.05) is 0 Å². The lowest BCUT2D eigenvalue weighted by atomic mass is 10.1. The van der Waals surface area contributed by atoms with Gasteiger partial charge >= 0.3 is 18.6 Å². The Morgan fingerprint density at radius 1 is 1.10 bits per heavy atom. The van der Waals surface area contributed by atoms with E-state index in [9.17, 15) is 27.4 Å². The molecule has 5 nitrogen and oxygen atoms in total. The zero-order valence-corrected chi connectivity index (χ0v) is 9.71. The highest BCUT2D eigenvalue weighted by atomic mass is 19.5. The molecule has 0 aliphatic carbocycles. The van der Waals surface area contributed by atoms with Crippen LogP contribution in [0.5, 0.6) is 0 Å². The molecule has 0 unspecified atom stereocenters. The second kappa shape index (κ2) is 5.96. The molecule has 0 saturated heterocycles. The van der Waals surface area contributed by atoms with Crippen LogP contribution >= 0.6 is 0 Å². The fourth-order valence-corrected chi connectivity index (χ4v) is 1.52. The monoisotopic (exact) mass is 287 g/mol. The average Bonchev–Trinajstić information content (AvgIpc) is 2.35. The maximum absolute atomic E-state index is 10.8. The molecule has 2 aromatic rings. The van der Waals surface area contributed by atoms with Gasteiger partial charge < -0.3 is 17.3 Å². The van der Waals surface area contributed by atoms with Gasteiger partial charge in [-0.05, 0) is 17.5 Å². The van der Waals surface area contributed by atoms with E-state index >= 15 is 0 Å². The number of nitro groups is 1. The van der Waals surface area contributed by atoms with Crippen LogP contribution in [0.4, 0.5) is 28.6 Å². The van der Waals surface area contributed by atoms with Crippen LogP contribution < -0.4 is 0 Å². The third-order valence-electron chi connectivity index (χ3n) is 2.17. The van der Waals surface area contributed by atoms with Crippen LogP contribution in [-0.4, -0.2) is 12.2 Å². The summed E-state index contributed by atoms with van der Waals surface area (Å²) in [4.78, 5) is 13.2. The van der Waals surface area contributed by atoms with E-state index in [2.05, 4.69) is 4.98 Å². The summed E-state index contributed by atoms with van der Waals surface area (Å²) >= 11 is 0. The predicted octanol–water partition coefficient (Wildman–Crippen LogP) is 4.53. The van der Waals surface area contributed by atoms with Gasteiger partial charge in [0.1, 0.15) is 0 Å². The minimum absolute atomic E-state index is 0.0290. The summed E-state index contributed by atoms with van der Waals surface area (Å²) in [6.45, 7) is 0. The molecule has 10 heteroatoms. The number of benzene rings is 2. The molecule has 0 aromatic heterocycles. The quantitative estimate of drug-likeness (QED) is 0.254. The van der Waals surface area contributed by atoms with Gasteiger partial charge in [0.2, 0.25) is 5.39 Å². The lowest BCUT2D eigenvalue weighted by Crippen LogP contribution is -2.02. The maximum atomic E-state index is 10.8. The first-order valence-corrected chi connectivity index (χ1v) is 5.12. The average molecular weight is 287 g/mol. The summed E-state index contributed by atoms with van der Waals surface area (Å²) in [7, 11) is -6.00. The van der Waals surface area contributed by atoms with Crippen molar-refractivity contribution in [3.05, 3.63) is 51.5 Å².